The Kier molecular flexibility index (Phi) is 4.91. The van der Waals surface area contributed by atoms with Crippen LogP contribution in [-0.4, -0.2) is 32.2 Å². The van der Waals surface area contributed by atoms with E-state index in [9.17, 15) is 14.0 Å². The normalized spacial score (nSPS) is 9.67. The van der Waals surface area contributed by atoms with Crippen molar-refractivity contribution >= 4 is 17.7 Å². The number of hydrogen-bond acceptors (Lipinski definition) is 4. The highest BCUT2D eigenvalue weighted by Gasteiger charge is 2.13. The Balaban J connectivity index is 2.61. The van der Waals surface area contributed by atoms with Gasteiger partial charge in [0.1, 0.15) is 12.4 Å². The minimum absolute atomic E-state index is 0.0364. The molecule has 0 aliphatic carbocycles. The number of amides is 2. The van der Waals surface area contributed by atoms with Gasteiger partial charge in [-0.1, -0.05) is 6.07 Å². The molecule has 0 aromatic heterocycles. The Morgan fingerprint density at radius 3 is 2.78 bits per heavy atom. The lowest BCUT2D eigenvalue weighted by Crippen LogP contribution is -2.29. The molecular formula is C11H14FN3O3. The molecule has 4 N–H and O–H groups in total. The fourth-order valence-electron chi connectivity index (χ4n) is 1.38. The van der Waals surface area contributed by atoms with Gasteiger partial charge >= 0.3 is 6.09 Å². The zero-order valence-electron chi connectivity index (χ0n) is 9.83. The number of carbonyl (C=O) groups excluding carboxylic acids is 2. The lowest BCUT2D eigenvalue weighted by molar-refractivity contribution is 0.0937. The summed E-state index contributed by atoms with van der Waals surface area (Å²) in [6, 6.07) is 4.17. The van der Waals surface area contributed by atoms with Crippen LogP contribution in [0.3, 0.4) is 0 Å². The monoisotopic (exact) mass is 255 g/mol. The van der Waals surface area contributed by atoms with Gasteiger partial charge in [-0.15, -0.1) is 0 Å². The number of rotatable bonds is 5. The molecule has 0 aliphatic rings. The Labute approximate surface area is 103 Å². The molecular weight excluding hydrogens is 241 g/mol. The first-order valence-electron chi connectivity index (χ1n) is 5.23. The second-order valence-electron chi connectivity index (χ2n) is 3.34. The van der Waals surface area contributed by atoms with Gasteiger partial charge in [0.25, 0.3) is 5.91 Å². The van der Waals surface area contributed by atoms with Crippen molar-refractivity contribution in [1.29, 1.82) is 0 Å². The van der Waals surface area contributed by atoms with Gasteiger partial charge in [0.05, 0.1) is 17.8 Å². The lowest BCUT2D eigenvalue weighted by atomic mass is 10.1. The second-order valence-corrected chi connectivity index (χ2v) is 3.34. The molecule has 1 rings (SSSR count). The van der Waals surface area contributed by atoms with Gasteiger partial charge < -0.3 is 21.1 Å². The van der Waals surface area contributed by atoms with Crippen LogP contribution in [0.5, 0.6) is 0 Å². The number of anilines is 1. The number of primary amides is 1. The highest BCUT2D eigenvalue weighted by Crippen LogP contribution is 2.18. The number of benzene rings is 1. The highest BCUT2D eigenvalue weighted by molar-refractivity contribution is 5.99. The third kappa shape index (κ3) is 3.62. The van der Waals surface area contributed by atoms with Crippen LogP contribution < -0.4 is 16.4 Å². The molecule has 0 unspecified atom stereocenters. The summed E-state index contributed by atoms with van der Waals surface area (Å²) in [5, 5.41) is 5.09. The van der Waals surface area contributed by atoms with E-state index in [2.05, 4.69) is 15.4 Å². The van der Waals surface area contributed by atoms with Crippen molar-refractivity contribution in [3.63, 3.8) is 0 Å². The van der Waals surface area contributed by atoms with E-state index in [0.29, 0.717) is 0 Å². The Morgan fingerprint density at radius 1 is 1.44 bits per heavy atom. The molecule has 0 bridgehead atoms. The number of halogens is 1. The number of nitrogens with one attached hydrogen (secondary N) is 2. The molecule has 18 heavy (non-hydrogen) atoms. The van der Waals surface area contributed by atoms with Crippen LogP contribution in [0.2, 0.25) is 0 Å². The summed E-state index contributed by atoms with van der Waals surface area (Å²) >= 11 is 0. The molecule has 0 fully saturated rings. The van der Waals surface area contributed by atoms with Gasteiger partial charge in [-0.2, -0.15) is 0 Å². The minimum atomic E-state index is -0.911. The summed E-state index contributed by atoms with van der Waals surface area (Å²) in [6.07, 6.45) is -0.911. The molecule has 0 atom stereocenters. The van der Waals surface area contributed by atoms with Gasteiger partial charge in [0.2, 0.25) is 0 Å². The Bertz CT molecular complexity index is 451. The fourth-order valence-corrected chi connectivity index (χ4v) is 1.38. The van der Waals surface area contributed by atoms with Crippen LogP contribution in [0, 0.1) is 5.82 Å². The van der Waals surface area contributed by atoms with E-state index < -0.39 is 17.8 Å². The van der Waals surface area contributed by atoms with Gasteiger partial charge in [0.15, 0.2) is 0 Å². The molecule has 6 nitrogen and oxygen atoms in total. The van der Waals surface area contributed by atoms with E-state index in [4.69, 9.17) is 5.73 Å². The lowest BCUT2D eigenvalue weighted by Gasteiger charge is -2.10. The molecule has 1 aromatic rings. The Morgan fingerprint density at radius 2 is 2.17 bits per heavy atom. The predicted molar refractivity (Wildman–Crippen MR) is 63.8 cm³/mol. The molecule has 0 radical (unpaired) electrons. The van der Waals surface area contributed by atoms with Crippen molar-refractivity contribution in [3.8, 4) is 0 Å². The third-order valence-corrected chi connectivity index (χ3v) is 2.14. The first-order valence-corrected chi connectivity index (χ1v) is 5.23. The minimum Gasteiger partial charge on any atom is -0.448 e. The zero-order chi connectivity index (χ0) is 13.5. The van der Waals surface area contributed by atoms with E-state index in [-0.39, 0.29) is 24.4 Å². The number of ether oxygens (including phenoxy) is 1. The average Bonchev–Trinajstić information content (AvgIpc) is 2.33. The molecule has 0 saturated heterocycles. The summed E-state index contributed by atoms with van der Waals surface area (Å²) in [5.74, 6) is -0.981. The van der Waals surface area contributed by atoms with E-state index >= 15 is 0 Å². The maximum Gasteiger partial charge on any atom is 0.404 e. The van der Waals surface area contributed by atoms with Crippen molar-refractivity contribution in [1.82, 2.24) is 5.32 Å². The van der Waals surface area contributed by atoms with Crippen LogP contribution in [-0.2, 0) is 4.74 Å². The summed E-state index contributed by atoms with van der Waals surface area (Å²) in [6.45, 7) is 0.0622. The van der Waals surface area contributed by atoms with Crippen LogP contribution >= 0.6 is 0 Å². The maximum atomic E-state index is 13.4. The first kappa shape index (κ1) is 13.8. The topological polar surface area (TPSA) is 93.4 Å². The molecule has 2 amide bonds. The van der Waals surface area contributed by atoms with E-state index in [1.165, 1.54) is 25.2 Å². The Hall–Kier alpha value is -2.31. The van der Waals surface area contributed by atoms with Crippen LogP contribution in [0.25, 0.3) is 0 Å². The molecule has 0 aliphatic heterocycles. The summed E-state index contributed by atoms with van der Waals surface area (Å²) in [7, 11) is 1.52. The molecule has 7 heteroatoms. The van der Waals surface area contributed by atoms with Gasteiger partial charge in [-0.25, -0.2) is 9.18 Å². The van der Waals surface area contributed by atoms with Crippen molar-refractivity contribution in [2.45, 2.75) is 0 Å². The standard InChI is InChI=1S/C11H14FN3O3/c1-14-9-7(3-2-4-8(9)12)10(16)15-5-6-18-11(13)17/h2-4,14H,5-6H2,1H3,(H2,13,17)(H,15,16). The fraction of sp³-hybridized carbons (Fsp3) is 0.273. The largest absolute Gasteiger partial charge is 0.448 e. The summed E-state index contributed by atoms with van der Waals surface area (Å²) in [4.78, 5) is 22.0. The van der Waals surface area contributed by atoms with Gasteiger partial charge in [0, 0.05) is 7.05 Å². The summed E-state index contributed by atoms with van der Waals surface area (Å²) in [5.41, 5.74) is 5.05. The molecule has 0 heterocycles. The van der Waals surface area contributed by atoms with Crippen molar-refractivity contribution in [2.24, 2.45) is 5.73 Å². The number of para-hydroxylation sites is 1. The highest BCUT2D eigenvalue weighted by atomic mass is 19.1. The predicted octanol–water partition coefficient (Wildman–Crippen LogP) is 0.693. The maximum absolute atomic E-state index is 13.4. The smallest absolute Gasteiger partial charge is 0.404 e. The van der Waals surface area contributed by atoms with Crippen molar-refractivity contribution in [2.75, 3.05) is 25.5 Å². The summed E-state index contributed by atoms with van der Waals surface area (Å²) < 4.78 is 17.8. The van der Waals surface area contributed by atoms with Crippen LogP contribution in [0.15, 0.2) is 18.2 Å². The van der Waals surface area contributed by atoms with E-state index in [0.717, 1.165) is 0 Å². The molecule has 0 spiro atoms. The number of carbonyl (C=O) groups is 2. The van der Waals surface area contributed by atoms with Crippen LogP contribution in [0.1, 0.15) is 10.4 Å². The average molecular weight is 255 g/mol. The number of nitrogens with two attached hydrogens (primary N) is 1. The molecule has 1 aromatic carbocycles. The van der Waals surface area contributed by atoms with Gasteiger partial charge in [-0.05, 0) is 12.1 Å². The molecule has 0 saturated carbocycles. The molecule has 98 valence electrons. The second kappa shape index (κ2) is 6.43. The van der Waals surface area contributed by atoms with Gasteiger partial charge in [-0.3, -0.25) is 4.79 Å². The van der Waals surface area contributed by atoms with E-state index in [1.807, 2.05) is 0 Å². The SMILES string of the molecule is CNc1c(F)cccc1C(=O)NCCOC(N)=O. The van der Waals surface area contributed by atoms with Crippen molar-refractivity contribution in [3.05, 3.63) is 29.6 Å². The first-order chi connectivity index (χ1) is 8.56. The van der Waals surface area contributed by atoms with Crippen LogP contribution in [0.4, 0.5) is 14.9 Å². The zero-order valence-corrected chi connectivity index (χ0v) is 9.83. The third-order valence-electron chi connectivity index (χ3n) is 2.14. The van der Waals surface area contributed by atoms with E-state index in [1.54, 1.807) is 0 Å². The quantitative estimate of drug-likeness (QED) is 0.675. The number of hydrogen-bond donors (Lipinski definition) is 3. The van der Waals surface area contributed by atoms with Crippen molar-refractivity contribution < 1.29 is 18.7 Å².